The Kier molecular flexibility index (Phi) is 3.91. The number of H-pyrrole nitrogens is 1. The van der Waals surface area contributed by atoms with Crippen LogP contribution < -0.4 is 5.56 Å². The van der Waals surface area contributed by atoms with Crippen LogP contribution >= 0.6 is 15.9 Å². The van der Waals surface area contributed by atoms with Gasteiger partial charge in [-0.2, -0.15) is 0 Å². The van der Waals surface area contributed by atoms with E-state index in [1.807, 2.05) is 12.1 Å². The highest BCUT2D eigenvalue weighted by Gasteiger charge is 2.09. The molecule has 2 rings (SSSR count). The number of pyridine rings is 1. The van der Waals surface area contributed by atoms with Gasteiger partial charge in [-0.15, -0.1) is 0 Å². The summed E-state index contributed by atoms with van der Waals surface area (Å²) in [6.45, 7) is 4.19. The molecule has 94 valence electrons. The molecule has 1 N–H and O–H groups in total. The second kappa shape index (κ2) is 5.44. The van der Waals surface area contributed by atoms with E-state index < -0.39 is 0 Å². The minimum atomic E-state index is -0.145. The summed E-state index contributed by atoms with van der Waals surface area (Å²) in [6, 6.07) is 5.24. The highest BCUT2D eigenvalue weighted by molar-refractivity contribution is 9.10. The maximum Gasteiger partial charge on any atom is 0.251 e. The Hall–Kier alpha value is -1.49. The zero-order chi connectivity index (χ0) is 13.1. The van der Waals surface area contributed by atoms with Crippen LogP contribution in [0.15, 0.2) is 33.7 Å². The van der Waals surface area contributed by atoms with Crippen LogP contribution in [0.25, 0.3) is 11.5 Å². The zero-order valence-corrected chi connectivity index (χ0v) is 11.9. The number of aromatic nitrogens is 3. The van der Waals surface area contributed by atoms with E-state index in [2.05, 4.69) is 44.7 Å². The maximum atomic E-state index is 11.6. The molecule has 0 aliphatic rings. The molecule has 5 heteroatoms. The summed E-state index contributed by atoms with van der Waals surface area (Å²) >= 11 is 3.41. The second-order valence-corrected chi connectivity index (χ2v) is 5.37. The summed E-state index contributed by atoms with van der Waals surface area (Å²) in [4.78, 5) is 23.0. The summed E-state index contributed by atoms with van der Waals surface area (Å²) < 4.78 is 0.815. The molecule has 4 nitrogen and oxygen atoms in total. The van der Waals surface area contributed by atoms with Crippen molar-refractivity contribution in [2.75, 3.05) is 0 Å². The molecule has 0 bridgehead atoms. The van der Waals surface area contributed by atoms with Gasteiger partial charge >= 0.3 is 0 Å². The van der Waals surface area contributed by atoms with Gasteiger partial charge in [0.15, 0.2) is 5.82 Å². The molecular weight excluding hydrogens is 294 g/mol. The van der Waals surface area contributed by atoms with Crippen molar-refractivity contribution >= 4 is 15.9 Å². The van der Waals surface area contributed by atoms with Crippen LogP contribution in [-0.4, -0.2) is 15.0 Å². The van der Waals surface area contributed by atoms with Crippen LogP contribution in [0.2, 0.25) is 0 Å². The number of hydrogen-bond donors (Lipinski definition) is 1. The summed E-state index contributed by atoms with van der Waals surface area (Å²) in [5.41, 5.74) is 1.30. The van der Waals surface area contributed by atoms with E-state index in [1.165, 1.54) is 0 Å². The molecule has 0 fully saturated rings. The van der Waals surface area contributed by atoms with E-state index in [4.69, 9.17) is 0 Å². The van der Waals surface area contributed by atoms with Crippen molar-refractivity contribution in [2.45, 2.75) is 20.3 Å². The largest absolute Gasteiger partial charge is 0.305 e. The van der Waals surface area contributed by atoms with Crippen molar-refractivity contribution in [3.63, 3.8) is 0 Å². The lowest BCUT2D eigenvalue weighted by atomic mass is 10.1. The topological polar surface area (TPSA) is 58.6 Å². The Morgan fingerprint density at radius 1 is 1.44 bits per heavy atom. The fourth-order valence-electron chi connectivity index (χ4n) is 1.70. The molecule has 0 aromatic carbocycles. The Bertz CT molecular complexity index is 607. The Balaban J connectivity index is 2.49. The predicted molar refractivity (Wildman–Crippen MR) is 74.3 cm³/mol. The predicted octanol–water partition coefficient (Wildman–Crippen LogP) is 2.79. The van der Waals surface area contributed by atoms with Crippen molar-refractivity contribution in [1.29, 1.82) is 0 Å². The molecule has 0 aliphatic heterocycles. The lowest BCUT2D eigenvalue weighted by Gasteiger charge is -2.07. The molecule has 2 aromatic rings. The van der Waals surface area contributed by atoms with Crippen molar-refractivity contribution in [3.05, 3.63) is 44.9 Å². The molecule has 2 heterocycles. The molecule has 0 radical (unpaired) electrons. The van der Waals surface area contributed by atoms with Gasteiger partial charge in [0.1, 0.15) is 5.69 Å². The third-order valence-corrected chi connectivity index (χ3v) is 3.03. The van der Waals surface area contributed by atoms with E-state index >= 15 is 0 Å². The third-order valence-electron chi connectivity index (χ3n) is 2.39. The second-order valence-electron chi connectivity index (χ2n) is 4.52. The first-order chi connectivity index (χ1) is 8.56. The van der Waals surface area contributed by atoms with Crippen LogP contribution in [0.1, 0.15) is 19.5 Å². The highest BCUT2D eigenvalue weighted by atomic mass is 79.9. The molecule has 0 saturated carbocycles. The first kappa shape index (κ1) is 13.0. The maximum absolute atomic E-state index is 11.6. The van der Waals surface area contributed by atoms with Gasteiger partial charge in [0.25, 0.3) is 5.56 Å². The Morgan fingerprint density at radius 3 is 2.89 bits per heavy atom. The average Bonchev–Trinajstić information content (AvgIpc) is 2.27. The number of rotatable bonds is 3. The molecule has 0 amide bonds. The lowest BCUT2D eigenvalue weighted by molar-refractivity contribution is 0.633. The van der Waals surface area contributed by atoms with Crippen LogP contribution in [0, 0.1) is 5.92 Å². The molecule has 2 aromatic heterocycles. The smallest absolute Gasteiger partial charge is 0.251 e. The molecule has 0 saturated heterocycles. The molecule has 0 spiro atoms. The summed E-state index contributed by atoms with van der Waals surface area (Å²) in [7, 11) is 0. The monoisotopic (exact) mass is 307 g/mol. The number of halogens is 1. The van der Waals surface area contributed by atoms with Crippen LogP contribution in [0.5, 0.6) is 0 Å². The van der Waals surface area contributed by atoms with Gasteiger partial charge in [-0.25, -0.2) is 4.98 Å². The van der Waals surface area contributed by atoms with Crippen molar-refractivity contribution in [3.8, 4) is 11.5 Å². The van der Waals surface area contributed by atoms with Crippen molar-refractivity contribution in [2.24, 2.45) is 5.92 Å². The molecular formula is C13H14BrN3O. The normalized spacial score (nSPS) is 10.9. The van der Waals surface area contributed by atoms with E-state index in [1.54, 1.807) is 12.3 Å². The molecule has 0 unspecified atom stereocenters. The number of nitrogens with one attached hydrogen (secondary N) is 1. The quantitative estimate of drug-likeness (QED) is 0.948. The summed E-state index contributed by atoms with van der Waals surface area (Å²) in [5.74, 6) is 0.963. The summed E-state index contributed by atoms with van der Waals surface area (Å²) in [5, 5.41) is 0. The van der Waals surface area contributed by atoms with E-state index in [-0.39, 0.29) is 5.56 Å². The first-order valence-corrected chi connectivity index (χ1v) is 6.56. The number of hydrogen-bond acceptors (Lipinski definition) is 3. The molecule has 0 aliphatic carbocycles. The lowest BCUT2D eigenvalue weighted by Crippen LogP contribution is -2.12. The SMILES string of the molecule is CC(C)Cc1cc(=O)[nH]c(-c2ncccc2Br)n1. The number of aromatic amines is 1. The van der Waals surface area contributed by atoms with Gasteiger partial charge in [0.05, 0.1) is 0 Å². The minimum absolute atomic E-state index is 0.145. The Morgan fingerprint density at radius 2 is 2.22 bits per heavy atom. The highest BCUT2D eigenvalue weighted by Crippen LogP contribution is 2.21. The van der Waals surface area contributed by atoms with Gasteiger partial charge in [-0.05, 0) is 40.4 Å². The first-order valence-electron chi connectivity index (χ1n) is 5.77. The van der Waals surface area contributed by atoms with Crippen LogP contribution in [0.4, 0.5) is 0 Å². The van der Waals surface area contributed by atoms with Crippen LogP contribution in [0.3, 0.4) is 0 Å². The third kappa shape index (κ3) is 3.04. The number of nitrogens with zero attached hydrogens (tertiary/aromatic N) is 2. The summed E-state index contributed by atoms with van der Waals surface area (Å²) in [6.07, 6.45) is 2.45. The standard InChI is InChI=1S/C13H14BrN3O/c1-8(2)6-9-7-11(18)17-13(16-9)12-10(14)4-3-5-15-12/h3-5,7-8H,6H2,1-2H3,(H,16,17,18). The van der Waals surface area contributed by atoms with Gasteiger partial charge < -0.3 is 4.98 Å². The zero-order valence-electron chi connectivity index (χ0n) is 10.3. The molecule has 0 atom stereocenters. The minimum Gasteiger partial charge on any atom is -0.305 e. The average molecular weight is 308 g/mol. The van der Waals surface area contributed by atoms with Crippen LogP contribution in [-0.2, 0) is 6.42 Å². The fourth-order valence-corrected chi connectivity index (χ4v) is 2.15. The Labute approximate surface area is 114 Å². The van der Waals surface area contributed by atoms with Gasteiger partial charge in [0.2, 0.25) is 0 Å². The van der Waals surface area contributed by atoms with Gasteiger partial charge in [-0.1, -0.05) is 13.8 Å². The van der Waals surface area contributed by atoms with Gasteiger partial charge in [-0.3, -0.25) is 9.78 Å². The fraction of sp³-hybridized carbons (Fsp3) is 0.308. The van der Waals surface area contributed by atoms with E-state index in [9.17, 15) is 4.79 Å². The van der Waals surface area contributed by atoms with E-state index in [0.29, 0.717) is 17.4 Å². The van der Waals surface area contributed by atoms with Crippen molar-refractivity contribution in [1.82, 2.24) is 15.0 Å². The van der Waals surface area contributed by atoms with E-state index in [0.717, 1.165) is 16.6 Å². The molecule has 18 heavy (non-hydrogen) atoms. The van der Waals surface area contributed by atoms with Crippen molar-refractivity contribution < 1.29 is 0 Å². The van der Waals surface area contributed by atoms with Gasteiger partial charge in [0, 0.05) is 22.4 Å².